The smallest absolute Gasteiger partial charge is 0.396 e. The number of nitrogens with one attached hydrogen (secondary N) is 1. The molecule has 0 spiro atoms. The van der Waals surface area contributed by atoms with Crippen molar-refractivity contribution in [2.45, 2.75) is 0 Å². The SMILES string of the molecule is COC(=O)C(=O)Nc1ccc(F)c(C#N)c1. The zero-order valence-electron chi connectivity index (χ0n) is 8.28. The molecular formula is C10H7FN2O3. The van der Waals surface area contributed by atoms with E-state index in [9.17, 15) is 14.0 Å². The van der Waals surface area contributed by atoms with E-state index in [4.69, 9.17) is 5.26 Å². The quantitative estimate of drug-likeness (QED) is 0.563. The van der Waals surface area contributed by atoms with Crippen molar-refractivity contribution in [3.8, 4) is 6.07 Å². The molecule has 0 aliphatic carbocycles. The molecule has 0 unspecified atom stereocenters. The largest absolute Gasteiger partial charge is 0.462 e. The van der Waals surface area contributed by atoms with Crippen molar-refractivity contribution in [1.82, 2.24) is 0 Å². The average molecular weight is 222 g/mol. The highest BCUT2D eigenvalue weighted by Crippen LogP contribution is 2.13. The van der Waals surface area contributed by atoms with Crippen molar-refractivity contribution < 1.29 is 18.7 Å². The lowest BCUT2D eigenvalue weighted by molar-refractivity contribution is -0.150. The standard InChI is InChI=1S/C10H7FN2O3/c1-16-10(15)9(14)13-7-2-3-8(11)6(4-7)5-12/h2-4H,1H3,(H,13,14). The minimum atomic E-state index is -1.07. The summed E-state index contributed by atoms with van der Waals surface area (Å²) in [7, 11) is 1.06. The molecule has 0 aliphatic heterocycles. The molecule has 0 saturated carbocycles. The highest BCUT2D eigenvalue weighted by molar-refractivity contribution is 6.37. The Labute approximate surface area is 90.4 Å². The van der Waals surface area contributed by atoms with Gasteiger partial charge in [-0.1, -0.05) is 0 Å². The Hall–Kier alpha value is -2.42. The highest BCUT2D eigenvalue weighted by atomic mass is 19.1. The summed E-state index contributed by atoms with van der Waals surface area (Å²) in [5, 5.41) is 10.7. The number of carbonyl (C=O) groups is 2. The fourth-order valence-electron chi connectivity index (χ4n) is 0.964. The van der Waals surface area contributed by atoms with Crippen LogP contribution in [0.4, 0.5) is 10.1 Å². The van der Waals surface area contributed by atoms with Crippen molar-refractivity contribution in [3.05, 3.63) is 29.6 Å². The lowest BCUT2D eigenvalue weighted by Gasteiger charge is -2.03. The van der Waals surface area contributed by atoms with Crippen LogP contribution in [0.2, 0.25) is 0 Å². The van der Waals surface area contributed by atoms with Crippen LogP contribution in [0.15, 0.2) is 18.2 Å². The minimum Gasteiger partial charge on any atom is -0.462 e. The van der Waals surface area contributed by atoms with Crippen LogP contribution in [0.1, 0.15) is 5.56 Å². The van der Waals surface area contributed by atoms with Gasteiger partial charge >= 0.3 is 11.9 Å². The lowest BCUT2D eigenvalue weighted by atomic mass is 10.2. The molecule has 0 bridgehead atoms. The number of esters is 1. The maximum absolute atomic E-state index is 12.9. The van der Waals surface area contributed by atoms with E-state index in [1.807, 2.05) is 0 Å². The van der Waals surface area contributed by atoms with Gasteiger partial charge in [0.05, 0.1) is 12.7 Å². The van der Waals surface area contributed by atoms with Crippen LogP contribution < -0.4 is 5.32 Å². The number of amides is 1. The number of methoxy groups -OCH3 is 1. The average Bonchev–Trinajstić information content (AvgIpc) is 2.30. The van der Waals surface area contributed by atoms with Gasteiger partial charge in [0.25, 0.3) is 0 Å². The number of nitriles is 1. The molecule has 1 aromatic carbocycles. The first-order valence-corrected chi connectivity index (χ1v) is 4.17. The molecule has 0 atom stereocenters. The Kier molecular flexibility index (Phi) is 3.56. The summed E-state index contributed by atoms with van der Waals surface area (Å²) < 4.78 is 17.1. The summed E-state index contributed by atoms with van der Waals surface area (Å²) in [4.78, 5) is 21.8. The van der Waals surface area contributed by atoms with Crippen LogP contribution in [-0.4, -0.2) is 19.0 Å². The Bertz CT molecular complexity index is 479. The van der Waals surface area contributed by atoms with Crippen molar-refractivity contribution in [2.24, 2.45) is 0 Å². The van der Waals surface area contributed by atoms with Crippen molar-refractivity contribution in [2.75, 3.05) is 12.4 Å². The van der Waals surface area contributed by atoms with Gasteiger partial charge < -0.3 is 10.1 Å². The Morgan fingerprint density at radius 2 is 2.19 bits per heavy atom. The first kappa shape index (κ1) is 11.7. The van der Waals surface area contributed by atoms with E-state index in [0.717, 1.165) is 19.2 Å². The fourth-order valence-corrected chi connectivity index (χ4v) is 0.964. The van der Waals surface area contributed by atoms with E-state index < -0.39 is 17.7 Å². The maximum Gasteiger partial charge on any atom is 0.396 e. The van der Waals surface area contributed by atoms with Crippen LogP contribution in [-0.2, 0) is 14.3 Å². The predicted octanol–water partition coefficient (Wildman–Crippen LogP) is 0.809. The number of ether oxygens (including phenoxy) is 1. The number of benzene rings is 1. The van der Waals surface area contributed by atoms with Gasteiger partial charge in [-0.15, -0.1) is 0 Å². The molecule has 1 amide bonds. The molecule has 0 aromatic heterocycles. The molecule has 1 aromatic rings. The zero-order valence-corrected chi connectivity index (χ0v) is 8.28. The van der Waals surface area contributed by atoms with Crippen LogP contribution >= 0.6 is 0 Å². The Morgan fingerprint density at radius 3 is 2.75 bits per heavy atom. The van der Waals surface area contributed by atoms with E-state index in [2.05, 4.69) is 10.1 Å². The summed E-state index contributed by atoms with van der Waals surface area (Å²) in [6, 6.07) is 4.98. The summed E-state index contributed by atoms with van der Waals surface area (Å²) in [6.45, 7) is 0. The number of rotatable bonds is 1. The number of carbonyl (C=O) groups excluding carboxylic acids is 2. The van der Waals surface area contributed by atoms with Gasteiger partial charge in [0.2, 0.25) is 0 Å². The van der Waals surface area contributed by atoms with Crippen LogP contribution in [0.3, 0.4) is 0 Å². The molecule has 82 valence electrons. The Morgan fingerprint density at radius 1 is 1.50 bits per heavy atom. The normalized spacial score (nSPS) is 9.06. The van der Waals surface area contributed by atoms with E-state index in [1.165, 1.54) is 6.07 Å². The second kappa shape index (κ2) is 4.89. The Balaban J connectivity index is 2.88. The predicted molar refractivity (Wildman–Crippen MR) is 51.8 cm³/mol. The molecule has 0 heterocycles. The maximum atomic E-state index is 12.9. The fraction of sp³-hybridized carbons (Fsp3) is 0.100. The second-order valence-electron chi connectivity index (χ2n) is 2.75. The van der Waals surface area contributed by atoms with Crippen molar-refractivity contribution in [3.63, 3.8) is 0 Å². The molecular weight excluding hydrogens is 215 g/mol. The first-order valence-electron chi connectivity index (χ1n) is 4.17. The van der Waals surface area contributed by atoms with Crippen LogP contribution in [0.25, 0.3) is 0 Å². The van der Waals surface area contributed by atoms with Crippen LogP contribution in [0.5, 0.6) is 0 Å². The highest BCUT2D eigenvalue weighted by Gasteiger charge is 2.14. The lowest BCUT2D eigenvalue weighted by Crippen LogP contribution is -2.23. The number of hydrogen-bond donors (Lipinski definition) is 1. The minimum absolute atomic E-state index is 0.147. The zero-order chi connectivity index (χ0) is 12.1. The van der Waals surface area contributed by atoms with Gasteiger partial charge in [-0.3, -0.25) is 4.79 Å². The van der Waals surface area contributed by atoms with Gasteiger partial charge in [0, 0.05) is 5.69 Å². The third-order valence-electron chi connectivity index (χ3n) is 1.72. The summed E-state index contributed by atoms with van der Waals surface area (Å²) >= 11 is 0. The van der Waals surface area contributed by atoms with Gasteiger partial charge in [-0.05, 0) is 18.2 Å². The molecule has 5 nitrogen and oxygen atoms in total. The monoisotopic (exact) mass is 222 g/mol. The molecule has 16 heavy (non-hydrogen) atoms. The first-order chi connectivity index (χ1) is 7.58. The van der Waals surface area contributed by atoms with E-state index >= 15 is 0 Å². The third-order valence-corrected chi connectivity index (χ3v) is 1.72. The molecule has 6 heteroatoms. The van der Waals surface area contributed by atoms with E-state index in [0.29, 0.717) is 0 Å². The topological polar surface area (TPSA) is 79.2 Å². The molecule has 1 N–H and O–H groups in total. The summed E-state index contributed by atoms with van der Waals surface area (Å²) in [5.74, 6) is -2.75. The van der Waals surface area contributed by atoms with Crippen molar-refractivity contribution >= 4 is 17.6 Å². The summed E-state index contributed by atoms with van der Waals surface area (Å²) in [5.41, 5.74) is -0.0731. The van der Waals surface area contributed by atoms with Gasteiger partial charge in [-0.2, -0.15) is 5.26 Å². The molecule has 1 rings (SSSR count). The third kappa shape index (κ3) is 2.54. The molecule has 0 saturated heterocycles. The van der Waals surface area contributed by atoms with Gasteiger partial charge in [-0.25, -0.2) is 9.18 Å². The van der Waals surface area contributed by atoms with Crippen molar-refractivity contribution in [1.29, 1.82) is 5.26 Å². The number of anilines is 1. The second-order valence-corrected chi connectivity index (χ2v) is 2.75. The van der Waals surface area contributed by atoms with E-state index in [-0.39, 0.29) is 11.3 Å². The number of nitrogens with zero attached hydrogens (tertiary/aromatic N) is 1. The molecule has 0 fully saturated rings. The molecule has 0 radical (unpaired) electrons. The van der Waals surface area contributed by atoms with Crippen LogP contribution in [0, 0.1) is 17.1 Å². The number of hydrogen-bond acceptors (Lipinski definition) is 4. The van der Waals surface area contributed by atoms with Gasteiger partial charge in [0.15, 0.2) is 0 Å². The molecule has 0 aliphatic rings. The van der Waals surface area contributed by atoms with E-state index in [1.54, 1.807) is 6.07 Å². The van der Waals surface area contributed by atoms with Gasteiger partial charge in [0.1, 0.15) is 11.9 Å². The summed E-state index contributed by atoms with van der Waals surface area (Å²) in [6.07, 6.45) is 0. The number of halogens is 1.